The molecule has 0 aromatic heterocycles. The molecule has 1 atom stereocenters. The topological polar surface area (TPSA) is 78.9 Å². The lowest BCUT2D eigenvalue weighted by molar-refractivity contribution is -0.142. The maximum absolute atomic E-state index is 12.3. The summed E-state index contributed by atoms with van der Waals surface area (Å²) in [5, 5.41) is 12.0. The zero-order chi connectivity index (χ0) is 14.5. The first-order valence-electron chi connectivity index (χ1n) is 7.49. The molecule has 6 heteroatoms. The lowest BCUT2D eigenvalue weighted by Gasteiger charge is -2.37. The Hall–Kier alpha value is -1.30. The molecule has 1 unspecified atom stereocenters. The summed E-state index contributed by atoms with van der Waals surface area (Å²) in [4.78, 5) is 25.1. The first kappa shape index (κ1) is 15.1. The molecule has 20 heavy (non-hydrogen) atoms. The van der Waals surface area contributed by atoms with Crippen molar-refractivity contribution in [2.45, 2.75) is 51.1 Å². The average Bonchev–Trinajstić information content (AvgIpc) is 2.47. The minimum atomic E-state index is -0.714. The summed E-state index contributed by atoms with van der Waals surface area (Å²) in [5.74, 6) is -0.955. The van der Waals surface area contributed by atoms with Gasteiger partial charge in [0.05, 0.1) is 25.2 Å². The number of carbonyl (C=O) groups is 2. The summed E-state index contributed by atoms with van der Waals surface area (Å²) in [6.45, 7) is 3.89. The van der Waals surface area contributed by atoms with Crippen LogP contribution in [-0.2, 0) is 9.53 Å². The van der Waals surface area contributed by atoms with E-state index in [0.29, 0.717) is 32.6 Å². The van der Waals surface area contributed by atoms with E-state index in [-0.39, 0.29) is 24.0 Å². The fourth-order valence-corrected chi connectivity index (χ4v) is 3.00. The third-order valence-electron chi connectivity index (χ3n) is 4.36. The second-order valence-corrected chi connectivity index (χ2v) is 5.67. The Labute approximate surface area is 119 Å². The van der Waals surface area contributed by atoms with Gasteiger partial charge in [-0.1, -0.05) is 6.92 Å². The highest BCUT2D eigenvalue weighted by Crippen LogP contribution is 2.24. The predicted molar refractivity (Wildman–Crippen MR) is 73.5 cm³/mol. The maximum Gasteiger partial charge on any atom is 0.318 e. The SMILES string of the molecule is CCC1COCCN1C(=O)NC1CCC(C(=O)O)CC1. The second kappa shape index (κ2) is 6.92. The minimum absolute atomic E-state index is 0.0288. The molecule has 0 aromatic carbocycles. The second-order valence-electron chi connectivity index (χ2n) is 5.67. The zero-order valence-corrected chi connectivity index (χ0v) is 12.0. The van der Waals surface area contributed by atoms with E-state index in [9.17, 15) is 9.59 Å². The first-order chi connectivity index (χ1) is 9.61. The summed E-state index contributed by atoms with van der Waals surface area (Å²) in [6.07, 6.45) is 3.70. The number of carboxylic acids is 1. The number of rotatable bonds is 3. The quantitative estimate of drug-likeness (QED) is 0.822. The van der Waals surface area contributed by atoms with Crippen molar-refractivity contribution in [2.24, 2.45) is 5.92 Å². The summed E-state index contributed by atoms with van der Waals surface area (Å²) < 4.78 is 5.40. The van der Waals surface area contributed by atoms with Gasteiger partial charge in [0.2, 0.25) is 0 Å². The summed E-state index contributed by atoms with van der Waals surface area (Å²) >= 11 is 0. The van der Waals surface area contributed by atoms with Crippen molar-refractivity contribution in [1.82, 2.24) is 10.2 Å². The molecule has 0 aromatic rings. The molecule has 1 saturated heterocycles. The van der Waals surface area contributed by atoms with Crippen LogP contribution in [-0.4, -0.2) is 53.8 Å². The number of carboxylic acid groups (broad SMARTS) is 1. The Morgan fingerprint density at radius 3 is 2.60 bits per heavy atom. The van der Waals surface area contributed by atoms with Gasteiger partial charge in [0.15, 0.2) is 0 Å². The van der Waals surface area contributed by atoms with Gasteiger partial charge in [-0.3, -0.25) is 4.79 Å². The van der Waals surface area contributed by atoms with Gasteiger partial charge in [-0.2, -0.15) is 0 Å². The van der Waals surface area contributed by atoms with E-state index in [1.54, 1.807) is 0 Å². The number of carbonyl (C=O) groups excluding carboxylic acids is 1. The van der Waals surface area contributed by atoms with Crippen molar-refractivity contribution in [2.75, 3.05) is 19.8 Å². The number of aliphatic carboxylic acids is 1. The van der Waals surface area contributed by atoms with Gasteiger partial charge in [-0.25, -0.2) is 4.79 Å². The van der Waals surface area contributed by atoms with Gasteiger partial charge < -0.3 is 20.1 Å². The van der Waals surface area contributed by atoms with Crippen LogP contribution < -0.4 is 5.32 Å². The predicted octanol–water partition coefficient (Wildman–Crippen LogP) is 1.45. The molecule has 2 N–H and O–H groups in total. The number of urea groups is 1. The van der Waals surface area contributed by atoms with Crippen LogP contribution in [0.3, 0.4) is 0 Å². The van der Waals surface area contributed by atoms with Crippen molar-refractivity contribution in [3.8, 4) is 0 Å². The lowest BCUT2D eigenvalue weighted by atomic mass is 9.86. The third kappa shape index (κ3) is 3.62. The summed E-state index contributed by atoms with van der Waals surface area (Å²) in [5.41, 5.74) is 0. The fourth-order valence-electron chi connectivity index (χ4n) is 3.00. The molecule has 114 valence electrons. The molecule has 2 rings (SSSR count). The van der Waals surface area contributed by atoms with E-state index in [4.69, 9.17) is 9.84 Å². The van der Waals surface area contributed by atoms with Crippen LogP contribution in [0, 0.1) is 5.92 Å². The van der Waals surface area contributed by atoms with E-state index in [0.717, 1.165) is 19.3 Å². The van der Waals surface area contributed by atoms with Crippen LogP contribution in [0.25, 0.3) is 0 Å². The third-order valence-corrected chi connectivity index (χ3v) is 4.36. The Bertz CT molecular complexity index is 353. The van der Waals surface area contributed by atoms with Crippen LogP contribution in [0.2, 0.25) is 0 Å². The molecular formula is C14H24N2O4. The standard InChI is InChI=1S/C14H24N2O4/c1-2-12-9-20-8-7-16(12)14(19)15-11-5-3-10(4-6-11)13(17)18/h10-12H,2-9H2,1H3,(H,15,19)(H,17,18). The first-order valence-corrected chi connectivity index (χ1v) is 7.49. The minimum Gasteiger partial charge on any atom is -0.481 e. The number of hydrogen-bond donors (Lipinski definition) is 2. The van der Waals surface area contributed by atoms with Gasteiger partial charge in [0.25, 0.3) is 0 Å². The summed E-state index contributed by atoms with van der Waals surface area (Å²) in [6, 6.07) is 0.233. The molecule has 0 radical (unpaired) electrons. The molecule has 6 nitrogen and oxygen atoms in total. The van der Waals surface area contributed by atoms with Crippen molar-refractivity contribution >= 4 is 12.0 Å². The molecular weight excluding hydrogens is 260 g/mol. The summed E-state index contributed by atoms with van der Waals surface area (Å²) in [7, 11) is 0. The highest BCUT2D eigenvalue weighted by molar-refractivity contribution is 5.75. The number of amides is 2. The van der Waals surface area contributed by atoms with Crippen LogP contribution in [0.4, 0.5) is 4.79 Å². The van der Waals surface area contributed by atoms with Crippen molar-refractivity contribution in [1.29, 1.82) is 0 Å². The molecule has 2 fully saturated rings. The highest BCUT2D eigenvalue weighted by atomic mass is 16.5. The number of nitrogens with zero attached hydrogens (tertiary/aromatic N) is 1. The van der Waals surface area contributed by atoms with Gasteiger partial charge in [0.1, 0.15) is 0 Å². The fraction of sp³-hybridized carbons (Fsp3) is 0.857. The van der Waals surface area contributed by atoms with Gasteiger partial charge in [-0.05, 0) is 32.1 Å². The molecule has 1 aliphatic heterocycles. The van der Waals surface area contributed by atoms with Crippen molar-refractivity contribution < 1.29 is 19.4 Å². The van der Waals surface area contributed by atoms with Gasteiger partial charge >= 0.3 is 12.0 Å². The molecule has 1 heterocycles. The smallest absolute Gasteiger partial charge is 0.318 e. The molecule has 0 spiro atoms. The maximum atomic E-state index is 12.3. The van der Waals surface area contributed by atoms with Crippen molar-refractivity contribution in [3.05, 3.63) is 0 Å². The Balaban J connectivity index is 1.81. The molecule has 1 saturated carbocycles. The molecule has 1 aliphatic carbocycles. The average molecular weight is 284 g/mol. The van der Waals surface area contributed by atoms with Gasteiger partial charge in [0, 0.05) is 12.6 Å². The molecule has 2 amide bonds. The number of ether oxygens (including phenoxy) is 1. The Kier molecular flexibility index (Phi) is 5.23. The highest BCUT2D eigenvalue weighted by Gasteiger charge is 2.30. The van der Waals surface area contributed by atoms with E-state index >= 15 is 0 Å². The lowest BCUT2D eigenvalue weighted by Crippen LogP contribution is -2.54. The van der Waals surface area contributed by atoms with Crippen LogP contribution >= 0.6 is 0 Å². The van der Waals surface area contributed by atoms with E-state index in [2.05, 4.69) is 12.2 Å². The van der Waals surface area contributed by atoms with Crippen LogP contribution in [0.15, 0.2) is 0 Å². The van der Waals surface area contributed by atoms with Crippen LogP contribution in [0.5, 0.6) is 0 Å². The van der Waals surface area contributed by atoms with E-state index in [1.807, 2.05) is 4.90 Å². The normalized spacial score (nSPS) is 30.9. The monoisotopic (exact) mass is 284 g/mol. The van der Waals surface area contributed by atoms with E-state index < -0.39 is 5.97 Å². The Morgan fingerprint density at radius 2 is 2.00 bits per heavy atom. The van der Waals surface area contributed by atoms with Crippen LogP contribution in [0.1, 0.15) is 39.0 Å². The number of hydrogen-bond acceptors (Lipinski definition) is 3. The zero-order valence-electron chi connectivity index (χ0n) is 12.0. The Morgan fingerprint density at radius 1 is 1.30 bits per heavy atom. The number of morpholine rings is 1. The van der Waals surface area contributed by atoms with Crippen molar-refractivity contribution in [3.63, 3.8) is 0 Å². The van der Waals surface area contributed by atoms with E-state index in [1.165, 1.54) is 0 Å². The molecule has 0 bridgehead atoms. The largest absolute Gasteiger partial charge is 0.481 e. The van der Waals surface area contributed by atoms with Gasteiger partial charge in [-0.15, -0.1) is 0 Å². The number of nitrogens with one attached hydrogen (secondary N) is 1. The molecule has 2 aliphatic rings.